The van der Waals surface area contributed by atoms with Gasteiger partial charge in [0.2, 0.25) is 10.0 Å². The molecule has 0 aliphatic rings. The molecule has 0 radical (unpaired) electrons. The molecule has 1 heterocycles. The molecular weight excluding hydrogens is 312 g/mol. The zero-order valence-electron chi connectivity index (χ0n) is 8.67. The molecule has 9 heteroatoms. The Labute approximate surface area is 107 Å². The first-order valence-electron chi connectivity index (χ1n) is 4.52. The molecule has 0 unspecified atom stereocenters. The van der Waals surface area contributed by atoms with Crippen molar-refractivity contribution in [1.82, 2.24) is 9.71 Å². The zero-order chi connectivity index (χ0) is 12.9. The summed E-state index contributed by atoms with van der Waals surface area (Å²) in [5.74, 6) is -0.0416. The molecule has 0 bridgehead atoms. The zero-order valence-corrected chi connectivity index (χ0v) is 11.1. The number of oxime groups is 1. The van der Waals surface area contributed by atoms with E-state index in [4.69, 9.17) is 10.9 Å². The summed E-state index contributed by atoms with van der Waals surface area (Å²) < 4.78 is 26.4. The number of nitrogens with two attached hydrogens (primary N) is 1. The van der Waals surface area contributed by atoms with E-state index in [1.165, 1.54) is 18.5 Å². The second-order valence-electron chi connectivity index (χ2n) is 3.08. The van der Waals surface area contributed by atoms with Crippen molar-refractivity contribution < 1.29 is 13.6 Å². The number of aromatic nitrogens is 1. The predicted molar refractivity (Wildman–Crippen MR) is 65.2 cm³/mol. The number of rotatable bonds is 5. The minimum absolute atomic E-state index is 0.0416. The fourth-order valence-electron chi connectivity index (χ4n) is 0.986. The van der Waals surface area contributed by atoms with Gasteiger partial charge in [0.15, 0.2) is 0 Å². The van der Waals surface area contributed by atoms with Gasteiger partial charge in [0.1, 0.15) is 10.7 Å². The van der Waals surface area contributed by atoms with Crippen molar-refractivity contribution in [3.8, 4) is 0 Å². The molecule has 4 N–H and O–H groups in total. The molecule has 1 aromatic rings. The average Bonchev–Trinajstić information content (AvgIpc) is 2.28. The number of nitrogens with zero attached hydrogens (tertiary/aromatic N) is 2. The lowest BCUT2D eigenvalue weighted by Crippen LogP contribution is -2.28. The van der Waals surface area contributed by atoms with E-state index in [1.54, 1.807) is 0 Å². The molecule has 1 aromatic heterocycles. The number of sulfonamides is 1. The SMILES string of the molecule is NC(CCNS(=O)(=O)c1cncc(Br)c1)=NO. The summed E-state index contributed by atoms with van der Waals surface area (Å²) in [5.41, 5.74) is 5.21. The monoisotopic (exact) mass is 322 g/mol. The number of amidine groups is 1. The first-order valence-corrected chi connectivity index (χ1v) is 6.80. The van der Waals surface area contributed by atoms with Crippen LogP contribution in [-0.4, -0.2) is 31.0 Å². The summed E-state index contributed by atoms with van der Waals surface area (Å²) in [6, 6.07) is 1.43. The van der Waals surface area contributed by atoms with Gasteiger partial charge in [-0.1, -0.05) is 5.16 Å². The third-order valence-electron chi connectivity index (χ3n) is 1.79. The molecular formula is C8H11BrN4O3S. The third kappa shape index (κ3) is 4.29. The molecule has 0 atom stereocenters. The minimum Gasteiger partial charge on any atom is -0.409 e. The van der Waals surface area contributed by atoms with E-state index >= 15 is 0 Å². The van der Waals surface area contributed by atoms with Crippen molar-refractivity contribution in [3.05, 3.63) is 22.9 Å². The fraction of sp³-hybridized carbons (Fsp3) is 0.250. The number of nitrogens with one attached hydrogen (secondary N) is 1. The lowest BCUT2D eigenvalue weighted by molar-refractivity contribution is 0.317. The van der Waals surface area contributed by atoms with E-state index in [9.17, 15) is 8.42 Å². The van der Waals surface area contributed by atoms with Crippen LogP contribution >= 0.6 is 15.9 Å². The van der Waals surface area contributed by atoms with E-state index in [1.807, 2.05) is 0 Å². The Balaban J connectivity index is 2.70. The highest BCUT2D eigenvalue weighted by Gasteiger charge is 2.14. The van der Waals surface area contributed by atoms with Crippen LogP contribution < -0.4 is 10.5 Å². The smallest absolute Gasteiger partial charge is 0.242 e. The Bertz CT molecular complexity index is 517. The first kappa shape index (κ1) is 13.9. The molecule has 0 fully saturated rings. The van der Waals surface area contributed by atoms with Gasteiger partial charge in [0, 0.05) is 29.8 Å². The maximum atomic E-state index is 11.7. The summed E-state index contributed by atoms with van der Waals surface area (Å²) in [6.45, 7) is 0.0464. The first-order chi connectivity index (χ1) is 7.95. The summed E-state index contributed by atoms with van der Waals surface area (Å²) in [7, 11) is -3.62. The number of pyridine rings is 1. The van der Waals surface area contributed by atoms with Crippen molar-refractivity contribution in [3.63, 3.8) is 0 Å². The Morgan fingerprint density at radius 2 is 2.29 bits per heavy atom. The highest BCUT2D eigenvalue weighted by molar-refractivity contribution is 9.10. The third-order valence-corrected chi connectivity index (χ3v) is 3.65. The van der Waals surface area contributed by atoms with E-state index in [-0.39, 0.29) is 23.7 Å². The van der Waals surface area contributed by atoms with E-state index in [2.05, 4.69) is 30.8 Å². The summed E-state index contributed by atoms with van der Waals surface area (Å²) >= 11 is 3.13. The number of hydrogen-bond acceptors (Lipinski definition) is 5. The number of hydrogen-bond donors (Lipinski definition) is 3. The maximum absolute atomic E-state index is 11.7. The van der Waals surface area contributed by atoms with Crippen LogP contribution in [0.5, 0.6) is 0 Å². The van der Waals surface area contributed by atoms with E-state index in [0.29, 0.717) is 4.47 Å². The van der Waals surface area contributed by atoms with Crippen molar-refractivity contribution in [2.24, 2.45) is 10.9 Å². The lowest BCUT2D eigenvalue weighted by Gasteiger charge is -2.05. The molecule has 0 spiro atoms. The van der Waals surface area contributed by atoms with Gasteiger partial charge in [-0.2, -0.15) is 0 Å². The van der Waals surface area contributed by atoms with Crippen molar-refractivity contribution in [1.29, 1.82) is 0 Å². The molecule has 0 aromatic carbocycles. The molecule has 0 amide bonds. The number of halogens is 1. The lowest BCUT2D eigenvalue weighted by atomic mass is 10.4. The van der Waals surface area contributed by atoms with Crippen LogP contribution in [0.15, 0.2) is 33.0 Å². The quantitative estimate of drug-likeness (QED) is 0.311. The van der Waals surface area contributed by atoms with Crippen molar-refractivity contribution in [2.75, 3.05) is 6.54 Å². The van der Waals surface area contributed by atoms with Crippen LogP contribution in [0.1, 0.15) is 6.42 Å². The van der Waals surface area contributed by atoms with Crippen molar-refractivity contribution >= 4 is 31.8 Å². The van der Waals surface area contributed by atoms with Crippen molar-refractivity contribution in [2.45, 2.75) is 11.3 Å². The second kappa shape index (κ2) is 5.94. The Morgan fingerprint density at radius 1 is 1.59 bits per heavy atom. The van der Waals surface area contributed by atoms with E-state index in [0.717, 1.165) is 0 Å². The molecule has 0 aliphatic heterocycles. The van der Waals surface area contributed by atoms with E-state index < -0.39 is 10.0 Å². The summed E-state index contributed by atoms with van der Waals surface area (Å²) in [6.07, 6.45) is 2.84. The van der Waals surface area contributed by atoms with Crippen LogP contribution in [0.4, 0.5) is 0 Å². The van der Waals surface area contributed by atoms with Gasteiger partial charge < -0.3 is 10.9 Å². The molecule has 7 nitrogen and oxygen atoms in total. The molecule has 0 aliphatic carbocycles. The predicted octanol–water partition coefficient (Wildman–Crippen LogP) is 0.259. The highest BCUT2D eigenvalue weighted by Crippen LogP contribution is 2.13. The van der Waals surface area contributed by atoms with Gasteiger partial charge in [0.25, 0.3) is 0 Å². The second-order valence-corrected chi connectivity index (χ2v) is 5.76. The van der Waals surface area contributed by atoms with Gasteiger partial charge in [-0.05, 0) is 22.0 Å². The van der Waals surface area contributed by atoms with Gasteiger partial charge >= 0.3 is 0 Å². The molecule has 17 heavy (non-hydrogen) atoms. The van der Waals surface area contributed by atoms with Gasteiger partial charge in [-0.3, -0.25) is 4.98 Å². The van der Waals surface area contributed by atoms with Crippen LogP contribution in [0.3, 0.4) is 0 Å². The molecule has 1 rings (SSSR count). The Kier molecular flexibility index (Phi) is 4.85. The van der Waals surface area contributed by atoms with Crippen LogP contribution in [0, 0.1) is 0 Å². The Hall–Kier alpha value is -1.19. The summed E-state index contributed by atoms with van der Waals surface area (Å²) in [5, 5.41) is 11.0. The fourth-order valence-corrected chi connectivity index (χ4v) is 2.52. The summed E-state index contributed by atoms with van der Waals surface area (Å²) in [4.78, 5) is 3.80. The van der Waals surface area contributed by atoms with Crippen LogP contribution in [0.2, 0.25) is 0 Å². The normalized spacial score (nSPS) is 12.6. The van der Waals surface area contributed by atoms with Crippen LogP contribution in [-0.2, 0) is 10.0 Å². The highest BCUT2D eigenvalue weighted by atomic mass is 79.9. The van der Waals surface area contributed by atoms with Gasteiger partial charge in [0.05, 0.1) is 0 Å². The molecule has 94 valence electrons. The minimum atomic E-state index is -3.62. The topological polar surface area (TPSA) is 118 Å². The van der Waals surface area contributed by atoms with Crippen LogP contribution in [0.25, 0.3) is 0 Å². The largest absolute Gasteiger partial charge is 0.409 e. The molecule has 0 saturated carbocycles. The standard InChI is InChI=1S/C8H11BrN4O3S/c9-6-3-7(5-11-4-6)17(15,16)12-2-1-8(10)13-14/h3-5,12,14H,1-2H2,(H2,10,13). The molecule has 0 saturated heterocycles. The average molecular weight is 323 g/mol. The van der Waals surface area contributed by atoms with Gasteiger partial charge in [-0.15, -0.1) is 0 Å². The maximum Gasteiger partial charge on any atom is 0.242 e. The van der Waals surface area contributed by atoms with Gasteiger partial charge in [-0.25, -0.2) is 13.1 Å². The Morgan fingerprint density at radius 3 is 2.88 bits per heavy atom.